The number of carboxylic acid groups (broad SMARTS) is 1. The molecule has 3 N–H and O–H groups in total. The lowest BCUT2D eigenvalue weighted by Crippen LogP contribution is -2.47. The van der Waals surface area contributed by atoms with Crippen molar-refractivity contribution < 1.29 is 29.3 Å². The Morgan fingerprint density at radius 3 is 2.18 bits per heavy atom. The molecule has 8 nitrogen and oxygen atoms in total. The van der Waals surface area contributed by atoms with E-state index < -0.39 is 18.6 Å². The fraction of sp³-hybridized carbons (Fsp3) is 0.400. The van der Waals surface area contributed by atoms with Crippen LogP contribution >= 0.6 is 0 Å². The smallest absolute Gasteiger partial charge is 0.407 e. The van der Waals surface area contributed by atoms with Crippen LogP contribution in [0.3, 0.4) is 0 Å². The third-order valence-corrected chi connectivity index (χ3v) is 6.41. The van der Waals surface area contributed by atoms with Gasteiger partial charge in [-0.15, -0.1) is 0 Å². The minimum Gasteiger partial charge on any atom is -0.480 e. The van der Waals surface area contributed by atoms with Crippen LogP contribution in [0.4, 0.5) is 4.79 Å². The second kappa shape index (κ2) is 10.0. The maximum atomic E-state index is 12.4. The molecule has 2 amide bonds. The zero-order valence-electron chi connectivity index (χ0n) is 18.3. The van der Waals surface area contributed by atoms with Gasteiger partial charge in [-0.25, -0.2) is 4.79 Å². The van der Waals surface area contributed by atoms with Crippen molar-refractivity contribution >= 4 is 18.0 Å². The first kappa shape index (κ1) is 22.8. The number of hydrogen-bond donors (Lipinski definition) is 3. The molecule has 2 aromatic rings. The molecule has 1 fully saturated rings. The van der Waals surface area contributed by atoms with E-state index in [1.807, 2.05) is 24.3 Å². The molecule has 0 bridgehead atoms. The number of rotatable bonds is 9. The molecule has 2 aliphatic carbocycles. The van der Waals surface area contributed by atoms with Crippen molar-refractivity contribution in [1.82, 2.24) is 10.2 Å². The Kier molecular flexibility index (Phi) is 6.93. The molecule has 0 unspecified atom stereocenters. The summed E-state index contributed by atoms with van der Waals surface area (Å²) < 4.78 is 5.56. The van der Waals surface area contributed by atoms with Crippen LogP contribution in [0, 0.1) is 5.92 Å². The molecule has 2 aliphatic rings. The quantitative estimate of drug-likeness (QED) is 0.539. The highest BCUT2D eigenvalue weighted by Crippen LogP contribution is 2.44. The van der Waals surface area contributed by atoms with E-state index in [4.69, 9.17) is 14.9 Å². The van der Waals surface area contributed by atoms with Gasteiger partial charge in [0.15, 0.2) is 0 Å². The maximum absolute atomic E-state index is 12.4. The van der Waals surface area contributed by atoms with Crippen LogP contribution in [0.1, 0.15) is 36.3 Å². The van der Waals surface area contributed by atoms with Crippen LogP contribution in [0.2, 0.25) is 0 Å². The summed E-state index contributed by atoms with van der Waals surface area (Å²) in [6.45, 7) is -0.456. The molecule has 4 rings (SSSR count). The van der Waals surface area contributed by atoms with Crippen LogP contribution in [0.5, 0.6) is 0 Å². The number of ether oxygens (including phenoxy) is 1. The van der Waals surface area contributed by atoms with Gasteiger partial charge in [-0.3, -0.25) is 9.59 Å². The van der Waals surface area contributed by atoms with E-state index in [0.29, 0.717) is 12.8 Å². The minimum absolute atomic E-state index is 0.000713. The van der Waals surface area contributed by atoms with E-state index in [1.165, 1.54) is 11.1 Å². The van der Waals surface area contributed by atoms with Gasteiger partial charge in [0.05, 0.1) is 6.61 Å². The average molecular weight is 453 g/mol. The lowest BCUT2D eigenvalue weighted by atomic mass is 9.78. The topological polar surface area (TPSA) is 116 Å². The molecule has 0 heterocycles. The number of carbonyl (C=O) groups is 3. The molecule has 0 aliphatic heterocycles. The first-order valence-electron chi connectivity index (χ1n) is 11.2. The molecule has 33 heavy (non-hydrogen) atoms. The summed E-state index contributed by atoms with van der Waals surface area (Å²) in [7, 11) is 0. The van der Waals surface area contributed by atoms with E-state index in [2.05, 4.69) is 29.6 Å². The lowest BCUT2D eigenvalue weighted by Gasteiger charge is -2.36. The summed E-state index contributed by atoms with van der Waals surface area (Å²) in [4.78, 5) is 36.7. The number of benzene rings is 2. The van der Waals surface area contributed by atoms with Crippen LogP contribution in [0.25, 0.3) is 11.1 Å². The summed E-state index contributed by atoms with van der Waals surface area (Å²) in [5, 5.41) is 20.8. The number of carbonyl (C=O) groups excluding carboxylic acids is 2. The second-order valence-electron chi connectivity index (χ2n) is 8.64. The first-order chi connectivity index (χ1) is 16.0. The van der Waals surface area contributed by atoms with Crippen LogP contribution in [-0.2, 0) is 14.3 Å². The largest absolute Gasteiger partial charge is 0.480 e. The van der Waals surface area contributed by atoms with Crippen molar-refractivity contribution in [2.45, 2.75) is 31.2 Å². The van der Waals surface area contributed by atoms with Gasteiger partial charge in [0.25, 0.3) is 0 Å². The summed E-state index contributed by atoms with van der Waals surface area (Å²) >= 11 is 0. The van der Waals surface area contributed by atoms with Crippen LogP contribution < -0.4 is 5.32 Å². The summed E-state index contributed by atoms with van der Waals surface area (Å²) in [6, 6.07) is 16.2. The van der Waals surface area contributed by atoms with Crippen molar-refractivity contribution in [2.75, 3.05) is 26.3 Å². The van der Waals surface area contributed by atoms with Gasteiger partial charge >= 0.3 is 12.1 Å². The standard InChI is InChI=1S/C25H28N2O6/c28-10-9-27(14-24(30)31)23(29)13-16-11-17(12-16)26-25(32)33-15-22-20-7-3-1-5-18(20)19-6-2-4-8-21(19)22/h1-8,16-17,22,28H,9-15H2,(H,26,32)(H,30,31). The minimum atomic E-state index is -1.11. The van der Waals surface area contributed by atoms with Crippen molar-refractivity contribution in [3.05, 3.63) is 59.7 Å². The molecule has 0 radical (unpaired) electrons. The monoisotopic (exact) mass is 452 g/mol. The molecule has 0 aromatic heterocycles. The third-order valence-electron chi connectivity index (χ3n) is 6.41. The van der Waals surface area contributed by atoms with Gasteiger partial charge in [0.2, 0.25) is 5.91 Å². The summed E-state index contributed by atoms with van der Waals surface area (Å²) in [6.07, 6.45) is 1.00. The van der Waals surface area contributed by atoms with Crippen LogP contribution in [-0.4, -0.2) is 65.4 Å². The Bertz CT molecular complexity index is 988. The Labute approximate surface area is 192 Å². The molecule has 8 heteroatoms. The van der Waals surface area contributed by atoms with E-state index in [0.717, 1.165) is 16.0 Å². The Morgan fingerprint density at radius 1 is 1.00 bits per heavy atom. The highest BCUT2D eigenvalue weighted by molar-refractivity contribution is 5.82. The highest BCUT2D eigenvalue weighted by atomic mass is 16.5. The zero-order chi connectivity index (χ0) is 23.4. The predicted molar refractivity (Wildman–Crippen MR) is 121 cm³/mol. The van der Waals surface area contributed by atoms with Crippen LogP contribution in [0.15, 0.2) is 48.5 Å². The molecule has 0 spiro atoms. The van der Waals surface area contributed by atoms with Crippen molar-refractivity contribution in [1.29, 1.82) is 0 Å². The summed E-state index contributed by atoms with van der Waals surface area (Å²) in [5.74, 6) is -1.33. The van der Waals surface area contributed by atoms with E-state index in [-0.39, 0.29) is 50.0 Å². The molecule has 0 atom stereocenters. The number of carboxylic acids is 1. The highest BCUT2D eigenvalue weighted by Gasteiger charge is 2.34. The molecular weight excluding hydrogens is 424 g/mol. The maximum Gasteiger partial charge on any atom is 0.407 e. The number of aliphatic hydroxyl groups excluding tert-OH is 1. The van der Waals surface area contributed by atoms with E-state index in [1.54, 1.807) is 0 Å². The predicted octanol–water partition coefficient (Wildman–Crippen LogP) is 2.60. The second-order valence-corrected chi connectivity index (χ2v) is 8.64. The summed E-state index contributed by atoms with van der Waals surface area (Å²) in [5.41, 5.74) is 4.66. The van der Waals surface area contributed by atoms with Crippen molar-refractivity contribution in [3.63, 3.8) is 0 Å². The number of aliphatic carboxylic acids is 1. The molecule has 2 aromatic carbocycles. The Hall–Kier alpha value is -3.39. The molecule has 0 saturated heterocycles. The molecular formula is C25H28N2O6. The molecule has 1 saturated carbocycles. The fourth-order valence-electron chi connectivity index (χ4n) is 4.78. The SMILES string of the molecule is O=C(O)CN(CCO)C(=O)CC1CC(NC(=O)OCC2c3ccccc3-c3ccccc32)C1. The van der Waals surface area contributed by atoms with Crippen molar-refractivity contribution in [3.8, 4) is 11.1 Å². The third kappa shape index (κ3) is 5.17. The first-order valence-corrected chi connectivity index (χ1v) is 11.2. The zero-order valence-corrected chi connectivity index (χ0v) is 18.3. The van der Waals surface area contributed by atoms with Crippen molar-refractivity contribution in [2.24, 2.45) is 5.92 Å². The number of alkyl carbamates (subject to hydrolysis) is 1. The number of amides is 2. The van der Waals surface area contributed by atoms with E-state index >= 15 is 0 Å². The van der Waals surface area contributed by atoms with Gasteiger partial charge in [-0.2, -0.15) is 0 Å². The number of hydrogen-bond acceptors (Lipinski definition) is 5. The van der Waals surface area contributed by atoms with Gasteiger partial charge in [-0.1, -0.05) is 48.5 Å². The number of fused-ring (bicyclic) bond motifs is 3. The number of nitrogens with zero attached hydrogens (tertiary/aromatic N) is 1. The van der Waals surface area contributed by atoms with E-state index in [9.17, 15) is 14.4 Å². The number of aliphatic hydroxyl groups is 1. The van der Waals surface area contributed by atoms with Gasteiger partial charge in [0, 0.05) is 24.9 Å². The van der Waals surface area contributed by atoms with Gasteiger partial charge < -0.3 is 25.2 Å². The average Bonchev–Trinajstić information content (AvgIpc) is 3.09. The fourth-order valence-corrected chi connectivity index (χ4v) is 4.78. The normalized spacial score (nSPS) is 18.6. The van der Waals surface area contributed by atoms with Gasteiger partial charge in [0.1, 0.15) is 13.2 Å². The number of nitrogens with one attached hydrogen (secondary N) is 1. The molecule has 174 valence electrons. The lowest BCUT2D eigenvalue weighted by molar-refractivity contribution is -0.145. The Morgan fingerprint density at radius 2 is 1.61 bits per heavy atom. The van der Waals surface area contributed by atoms with Gasteiger partial charge in [-0.05, 0) is 41.0 Å². The Balaban J connectivity index is 1.24.